The molecule has 0 saturated carbocycles. The minimum atomic E-state index is -2.45. The normalized spacial score (nSPS) is 10.7. The molecule has 0 unspecified atom stereocenters. The smallest absolute Gasteiger partial charge is 0.263 e. The van der Waals surface area contributed by atoms with Crippen LogP contribution in [0.5, 0.6) is 0 Å². The minimum Gasteiger partial charge on any atom is -0.379 e. The van der Waals surface area contributed by atoms with Crippen LogP contribution in [0.2, 0.25) is 5.02 Å². The molecule has 18 heavy (non-hydrogen) atoms. The average molecular weight is 269 g/mol. The molecule has 94 valence electrons. The van der Waals surface area contributed by atoms with Gasteiger partial charge in [-0.1, -0.05) is 29.8 Å². The van der Waals surface area contributed by atoms with Crippen LogP contribution in [0.3, 0.4) is 0 Å². The average Bonchev–Trinajstić information content (AvgIpc) is 2.38. The fraction of sp³-hybridized carbons (Fsp3) is 0.154. The van der Waals surface area contributed by atoms with E-state index in [0.717, 1.165) is 5.56 Å². The first kappa shape index (κ1) is 12.8. The molecule has 1 N–H and O–H groups in total. The highest BCUT2D eigenvalue weighted by Crippen LogP contribution is 2.22. The van der Waals surface area contributed by atoms with E-state index in [-0.39, 0.29) is 5.56 Å². The summed E-state index contributed by atoms with van der Waals surface area (Å²) in [6.45, 7) is 0.423. The summed E-state index contributed by atoms with van der Waals surface area (Å²) in [6.07, 6.45) is 0.733. The Kier molecular flexibility index (Phi) is 4.10. The second kappa shape index (κ2) is 5.78. The summed E-state index contributed by atoms with van der Waals surface area (Å²) in [5.74, 6) is 0. The van der Waals surface area contributed by atoms with E-state index in [1.54, 1.807) is 30.6 Å². The first-order valence-corrected chi connectivity index (χ1v) is 5.75. The summed E-state index contributed by atoms with van der Waals surface area (Å²) in [4.78, 5) is 3.94. The SMILES string of the molecule is FC(F)c1cccc(CNc2cnccc2Cl)c1. The van der Waals surface area contributed by atoms with Crippen LogP contribution in [-0.4, -0.2) is 4.98 Å². The minimum absolute atomic E-state index is 0.0200. The monoisotopic (exact) mass is 268 g/mol. The number of rotatable bonds is 4. The van der Waals surface area contributed by atoms with Gasteiger partial charge in [0.25, 0.3) is 6.43 Å². The number of halogens is 3. The molecule has 0 radical (unpaired) electrons. The number of pyridine rings is 1. The molecule has 0 saturated heterocycles. The molecule has 0 aliphatic heterocycles. The third-order valence-electron chi connectivity index (χ3n) is 2.45. The molecule has 0 aliphatic rings. The summed E-state index contributed by atoms with van der Waals surface area (Å²) in [6, 6.07) is 7.94. The van der Waals surface area contributed by atoms with Crippen molar-refractivity contribution in [1.82, 2.24) is 4.98 Å². The van der Waals surface area contributed by atoms with Crippen LogP contribution in [0.15, 0.2) is 42.7 Å². The number of hydrogen-bond acceptors (Lipinski definition) is 2. The van der Waals surface area contributed by atoms with Gasteiger partial charge in [0.1, 0.15) is 0 Å². The summed E-state index contributed by atoms with van der Waals surface area (Å²) in [7, 11) is 0. The van der Waals surface area contributed by atoms with E-state index in [2.05, 4.69) is 10.3 Å². The van der Waals surface area contributed by atoms with Gasteiger partial charge in [0.15, 0.2) is 0 Å². The van der Waals surface area contributed by atoms with E-state index in [4.69, 9.17) is 11.6 Å². The third-order valence-corrected chi connectivity index (χ3v) is 2.78. The number of nitrogens with zero attached hydrogens (tertiary/aromatic N) is 1. The first-order chi connectivity index (χ1) is 8.66. The molecule has 1 aromatic heterocycles. The maximum atomic E-state index is 12.5. The fourth-order valence-corrected chi connectivity index (χ4v) is 1.72. The van der Waals surface area contributed by atoms with Gasteiger partial charge in [-0.05, 0) is 17.7 Å². The molecule has 0 bridgehead atoms. The molecule has 0 spiro atoms. The molecule has 0 fully saturated rings. The van der Waals surface area contributed by atoms with Gasteiger partial charge >= 0.3 is 0 Å². The van der Waals surface area contributed by atoms with Gasteiger partial charge in [0.05, 0.1) is 16.9 Å². The maximum absolute atomic E-state index is 12.5. The highest BCUT2D eigenvalue weighted by Gasteiger charge is 2.07. The lowest BCUT2D eigenvalue weighted by molar-refractivity contribution is 0.151. The van der Waals surface area contributed by atoms with Crippen molar-refractivity contribution in [1.29, 1.82) is 0 Å². The largest absolute Gasteiger partial charge is 0.379 e. The van der Waals surface area contributed by atoms with Crippen LogP contribution in [-0.2, 0) is 6.54 Å². The zero-order valence-corrected chi connectivity index (χ0v) is 10.2. The fourth-order valence-electron chi connectivity index (χ4n) is 1.54. The summed E-state index contributed by atoms with van der Waals surface area (Å²) >= 11 is 5.95. The lowest BCUT2D eigenvalue weighted by atomic mass is 10.1. The van der Waals surface area contributed by atoms with Crippen LogP contribution in [0, 0.1) is 0 Å². The van der Waals surface area contributed by atoms with Crippen LogP contribution in [0.1, 0.15) is 17.6 Å². The third kappa shape index (κ3) is 3.17. The predicted octanol–water partition coefficient (Wildman–Crippen LogP) is 4.28. The maximum Gasteiger partial charge on any atom is 0.263 e. The van der Waals surface area contributed by atoms with Crippen molar-refractivity contribution >= 4 is 17.3 Å². The molecule has 2 nitrogen and oxygen atoms in total. The summed E-state index contributed by atoms with van der Waals surface area (Å²) in [5.41, 5.74) is 1.47. The summed E-state index contributed by atoms with van der Waals surface area (Å²) in [5, 5.41) is 3.61. The molecular formula is C13H11ClF2N2. The van der Waals surface area contributed by atoms with Gasteiger partial charge < -0.3 is 5.32 Å². The number of alkyl halides is 2. The topological polar surface area (TPSA) is 24.9 Å². The van der Waals surface area contributed by atoms with Gasteiger partial charge in [-0.15, -0.1) is 0 Å². The number of anilines is 1. The van der Waals surface area contributed by atoms with Crippen molar-refractivity contribution in [3.63, 3.8) is 0 Å². The van der Waals surface area contributed by atoms with Crippen molar-refractivity contribution in [3.05, 3.63) is 58.9 Å². The number of hydrogen-bond donors (Lipinski definition) is 1. The van der Waals surface area contributed by atoms with E-state index in [0.29, 0.717) is 17.3 Å². The van der Waals surface area contributed by atoms with Crippen molar-refractivity contribution in [2.45, 2.75) is 13.0 Å². The van der Waals surface area contributed by atoms with Crippen molar-refractivity contribution in [2.75, 3.05) is 5.32 Å². The Bertz CT molecular complexity index is 532. The quantitative estimate of drug-likeness (QED) is 0.895. The Hall–Kier alpha value is -1.68. The second-order valence-electron chi connectivity index (χ2n) is 3.75. The van der Waals surface area contributed by atoms with Crippen LogP contribution < -0.4 is 5.32 Å². The number of benzene rings is 1. The zero-order valence-electron chi connectivity index (χ0n) is 9.41. The molecule has 1 aromatic carbocycles. The highest BCUT2D eigenvalue weighted by molar-refractivity contribution is 6.33. The molecular weight excluding hydrogens is 258 g/mol. The van der Waals surface area contributed by atoms with Gasteiger partial charge in [0, 0.05) is 18.3 Å². The zero-order chi connectivity index (χ0) is 13.0. The highest BCUT2D eigenvalue weighted by atomic mass is 35.5. The number of nitrogens with one attached hydrogen (secondary N) is 1. The Balaban J connectivity index is 2.07. The Morgan fingerprint density at radius 2 is 2.11 bits per heavy atom. The Morgan fingerprint density at radius 1 is 1.28 bits per heavy atom. The molecule has 0 atom stereocenters. The van der Waals surface area contributed by atoms with Crippen molar-refractivity contribution < 1.29 is 8.78 Å². The van der Waals surface area contributed by atoms with E-state index in [1.807, 2.05) is 0 Å². The standard InChI is InChI=1S/C13H11ClF2N2/c14-11-4-5-17-8-12(11)18-7-9-2-1-3-10(6-9)13(15)16/h1-6,8,13,18H,7H2. The lowest BCUT2D eigenvalue weighted by Gasteiger charge is -2.08. The molecule has 5 heteroatoms. The first-order valence-electron chi connectivity index (χ1n) is 5.37. The van der Waals surface area contributed by atoms with Crippen molar-refractivity contribution in [3.8, 4) is 0 Å². The van der Waals surface area contributed by atoms with Crippen LogP contribution in [0.4, 0.5) is 14.5 Å². The summed E-state index contributed by atoms with van der Waals surface area (Å²) < 4.78 is 25.0. The number of aromatic nitrogens is 1. The van der Waals surface area contributed by atoms with Crippen molar-refractivity contribution in [2.24, 2.45) is 0 Å². The molecule has 0 amide bonds. The van der Waals surface area contributed by atoms with E-state index >= 15 is 0 Å². The van der Waals surface area contributed by atoms with Gasteiger partial charge in [-0.2, -0.15) is 0 Å². The van der Waals surface area contributed by atoms with Crippen LogP contribution in [0.25, 0.3) is 0 Å². The Labute approximate surface area is 109 Å². The predicted molar refractivity (Wildman–Crippen MR) is 68.0 cm³/mol. The lowest BCUT2D eigenvalue weighted by Crippen LogP contribution is -2.01. The molecule has 0 aliphatic carbocycles. The van der Waals surface area contributed by atoms with Crippen LogP contribution >= 0.6 is 11.6 Å². The second-order valence-corrected chi connectivity index (χ2v) is 4.16. The van der Waals surface area contributed by atoms with E-state index < -0.39 is 6.43 Å². The van der Waals surface area contributed by atoms with Gasteiger partial charge in [-0.3, -0.25) is 4.98 Å². The molecule has 2 aromatic rings. The van der Waals surface area contributed by atoms with E-state index in [9.17, 15) is 8.78 Å². The van der Waals surface area contributed by atoms with Gasteiger partial charge in [0.2, 0.25) is 0 Å². The van der Waals surface area contributed by atoms with Gasteiger partial charge in [-0.25, -0.2) is 8.78 Å². The van der Waals surface area contributed by atoms with E-state index in [1.165, 1.54) is 12.1 Å². The Morgan fingerprint density at radius 3 is 2.83 bits per heavy atom. The molecule has 1 heterocycles. The molecule has 2 rings (SSSR count).